The van der Waals surface area contributed by atoms with Crippen molar-refractivity contribution in [2.45, 2.75) is 19.9 Å². The molecule has 0 saturated carbocycles. The molecule has 0 saturated heterocycles. The molecule has 0 amide bonds. The molecule has 1 aromatic heterocycles. The van der Waals surface area contributed by atoms with Gasteiger partial charge in [0, 0.05) is 32.5 Å². The van der Waals surface area contributed by atoms with Crippen LogP contribution in [0.3, 0.4) is 0 Å². The summed E-state index contributed by atoms with van der Waals surface area (Å²) in [6.07, 6.45) is 4.64. The van der Waals surface area contributed by atoms with Crippen LogP contribution in [-0.4, -0.2) is 43.0 Å². The number of nitrogens with zero attached hydrogens (tertiary/aromatic N) is 3. The van der Waals surface area contributed by atoms with E-state index in [1.54, 1.807) is 20.4 Å². The van der Waals surface area contributed by atoms with Gasteiger partial charge in [0.05, 0.1) is 13.7 Å². The molecule has 124 valence electrons. The summed E-state index contributed by atoms with van der Waals surface area (Å²) in [6, 6.07) is 8.23. The van der Waals surface area contributed by atoms with E-state index in [-0.39, 0.29) is 0 Å². The monoisotopic (exact) mass is 315 g/mol. The van der Waals surface area contributed by atoms with Crippen molar-refractivity contribution in [1.29, 1.82) is 0 Å². The van der Waals surface area contributed by atoms with E-state index in [9.17, 15) is 0 Å². The van der Waals surface area contributed by atoms with Gasteiger partial charge in [-0.25, -0.2) is 0 Å². The normalized spacial score (nSPS) is 11.3. The molecule has 6 heteroatoms. The van der Waals surface area contributed by atoms with E-state index in [1.165, 1.54) is 5.56 Å². The second-order valence-electron chi connectivity index (χ2n) is 5.25. The maximum atomic E-state index is 5.36. The van der Waals surface area contributed by atoms with Crippen molar-refractivity contribution in [1.82, 2.24) is 20.4 Å². The van der Waals surface area contributed by atoms with E-state index in [1.807, 2.05) is 23.9 Å². The Balaban J connectivity index is 1.73. The van der Waals surface area contributed by atoms with Crippen LogP contribution in [0.2, 0.25) is 0 Å². The number of aliphatic imine (C=N–C) groups is 1. The minimum atomic E-state index is 0.777. The molecule has 0 radical (unpaired) electrons. The summed E-state index contributed by atoms with van der Waals surface area (Å²) < 4.78 is 7.25. The average molecular weight is 315 g/mol. The van der Waals surface area contributed by atoms with Crippen LogP contribution in [0.25, 0.3) is 0 Å². The minimum absolute atomic E-state index is 0.777. The largest absolute Gasteiger partial charge is 0.496 e. The first-order valence-electron chi connectivity index (χ1n) is 7.78. The van der Waals surface area contributed by atoms with E-state index in [2.05, 4.69) is 38.9 Å². The van der Waals surface area contributed by atoms with Gasteiger partial charge in [-0.2, -0.15) is 5.10 Å². The standard InChI is InChI=1S/C17H25N5O/c1-14-5-6-15(13-16(14)23-3)7-9-19-17(18-2)20-10-12-22-11-4-8-21-22/h4-6,8,11,13H,7,9-10,12H2,1-3H3,(H2,18,19,20). The zero-order chi connectivity index (χ0) is 16.5. The molecule has 23 heavy (non-hydrogen) atoms. The molecule has 0 fully saturated rings. The maximum Gasteiger partial charge on any atom is 0.191 e. The summed E-state index contributed by atoms with van der Waals surface area (Å²) in [5, 5.41) is 10.8. The first-order valence-corrected chi connectivity index (χ1v) is 7.78. The third-order valence-corrected chi connectivity index (χ3v) is 3.59. The van der Waals surface area contributed by atoms with Gasteiger partial charge in [0.1, 0.15) is 5.75 Å². The Hall–Kier alpha value is -2.50. The Kier molecular flexibility index (Phi) is 6.47. The highest BCUT2D eigenvalue weighted by molar-refractivity contribution is 5.79. The van der Waals surface area contributed by atoms with Crippen molar-refractivity contribution in [3.63, 3.8) is 0 Å². The molecule has 1 heterocycles. The summed E-state index contributed by atoms with van der Waals surface area (Å²) in [4.78, 5) is 4.23. The lowest BCUT2D eigenvalue weighted by atomic mass is 10.1. The van der Waals surface area contributed by atoms with Crippen LogP contribution < -0.4 is 15.4 Å². The fourth-order valence-corrected chi connectivity index (χ4v) is 2.29. The van der Waals surface area contributed by atoms with Gasteiger partial charge in [-0.15, -0.1) is 0 Å². The number of aryl methyl sites for hydroxylation is 1. The number of benzene rings is 1. The Labute approximate surface area is 137 Å². The molecule has 2 rings (SSSR count). The van der Waals surface area contributed by atoms with Crippen molar-refractivity contribution in [2.24, 2.45) is 4.99 Å². The molecule has 0 unspecified atom stereocenters. The quantitative estimate of drug-likeness (QED) is 0.602. The van der Waals surface area contributed by atoms with E-state index < -0.39 is 0 Å². The highest BCUT2D eigenvalue weighted by Gasteiger charge is 2.02. The van der Waals surface area contributed by atoms with E-state index in [0.29, 0.717) is 0 Å². The molecule has 2 N–H and O–H groups in total. The lowest BCUT2D eigenvalue weighted by Crippen LogP contribution is -2.39. The molecule has 0 atom stereocenters. The zero-order valence-electron chi connectivity index (χ0n) is 14.0. The summed E-state index contributed by atoms with van der Waals surface area (Å²) in [7, 11) is 3.48. The predicted octanol–water partition coefficient (Wildman–Crippen LogP) is 1.61. The minimum Gasteiger partial charge on any atom is -0.496 e. The van der Waals surface area contributed by atoms with Crippen molar-refractivity contribution in [2.75, 3.05) is 27.2 Å². The average Bonchev–Trinajstić information content (AvgIpc) is 3.08. The second kappa shape index (κ2) is 8.82. The Bertz CT molecular complexity index is 622. The van der Waals surface area contributed by atoms with Gasteiger partial charge in [-0.3, -0.25) is 9.67 Å². The first-order chi connectivity index (χ1) is 11.2. The lowest BCUT2D eigenvalue weighted by Gasteiger charge is -2.12. The molecular formula is C17H25N5O. The first kappa shape index (κ1) is 16.9. The Morgan fingerprint density at radius 2 is 2.13 bits per heavy atom. The Morgan fingerprint density at radius 3 is 2.83 bits per heavy atom. The van der Waals surface area contributed by atoms with Gasteiger partial charge in [0.2, 0.25) is 0 Å². The number of rotatable bonds is 7. The molecule has 0 aliphatic heterocycles. The summed E-state index contributed by atoms with van der Waals surface area (Å²) in [5.74, 6) is 1.74. The number of nitrogens with one attached hydrogen (secondary N) is 2. The van der Waals surface area contributed by atoms with Crippen LogP contribution in [0, 0.1) is 6.92 Å². The van der Waals surface area contributed by atoms with E-state index in [4.69, 9.17) is 4.74 Å². The van der Waals surface area contributed by atoms with Crippen LogP contribution >= 0.6 is 0 Å². The third-order valence-electron chi connectivity index (χ3n) is 3.59. The highest BCUT2D eigenvalue weighted by atomic mass is 16.5. The predicted molar refractivity (Wildman–Crippen MR) is 93.0 cm³/mol. The van der Waals surface area contributed by atoms with Gasteiger partial charge in [-0.05, 0) is 36.6 Å². The summed E-state index contributed by atoms with van der Waals surface area (Å²) in [5.41, 5.74) is 2.40. The molecule has 0 spiro atoms. The number of aromatic nitrogens is 2. The number of hydrogen-bond acceptors (Lipinski definition) is 3. The van der Waals surface area contributed by atoms with Crippen molar-refractivity contribution >= 4 is 5.96 Å². The number of methoxy groups -OCH3 is 1. The van der Waals surface area contributed by atoms with Crippen LogP contribution in [0.15, 0.2) is 41.7 Å². The molecular weight excluding hydrogens is 290 g/mol. The summed E-state index contributed by atoms with van der Waals surface area (Å²) in [6.45, 7) is 4.45. The number of guanidine groups is 1. The van der Waals surface area contributed by atoms with Crippen LogP contribution in [0.5, 0.6) is 5.75 Å². The van der Waals surface area contributed by atoms with Gasteiger partial charge in [0.25, 0.3) is 0 Å². The molecule has 0 aliphatic rings. The van der Waals surface area contributed by atoms with E-state index in [0.717, 1.165) is 43.3 Å². The van der Waals surface area contributed by atoms with Gasteiger partial charge >= 0.3 is 0 Å². The van der Waals surface area contributed by atoms with Crippen LogP contribution in [0.4, 0.5) is 0 Å². The fraction of sp³-hybridized carbons (Fsp3) is 0.412. The van der Waals surface area contributed by atoms with Crippen molar-refractivity contribution < 1.29 is 4.74 Å². The van der Waals surface area contributed by atoms with E-state index >= 15 is 0 Å². The maximum absolute atomic E-state index is 5.36. The van der Waals surface area contributed by atoms with Gasteiger partial charge in [-0.1, -0.05) is 12.1 Å². The van der Waals surface area contributed by atoms with Crippen molar-refractivity contribution in [3.05, 3.63) is 47.8 Å². The molecule has 0 aliphatic carbocycles. The Morgan fingerprint density at radius 1 is 1.30 bits per heavy atom. The SMILES string of the molecule is CN=C(NCCc1ccc(C)c(OC)c1)NCCn1cccn1. The third kappa shape index (κ3) is 5.32. The number of ether oxygens (including phenoxy) is 1. The number of hydrogen-bond donors (Lipinski definition) is 2. The smallest absolute Gasteiger partial charge is 0.191 e. The molecule has 6 nitrogen and oxygen atoms in total. The van der Waals surface area contributed by atoms with Crippen molar-refractivity contribution in [3.8, 4) is 5.75 Å². The molecule has 2 aromatic rings. The zero-order valence-corrected chi connectivity index (χ0v) is 14.0. The summed E-state index contributed by atoms with van der Waals surface area (Å²) >= 11 is 0. The topological polar surface area (TPSA) is 63.5 Å². The molecule has 0 bridgehead atoms. The highest BCUT2D eigenvalue weighted by Crippen LogP contribution is 2.18. The fourth-order valence-electron chi connectivity index (χ4n) is 2.29. The van der Waals surface area contributed by atoms with Gasteiger partial charge < -0.3 is 15.4 Å². The van der Waals surface area contributed by atoms with Crippen LogP contribution in [-0.2, 0) is 13.0 Å². The molecule has 1 aromatic carbocycles. The van der Waals surface area contributed by atoms with Gasteiger partial charge in [0.15, 0.2) is 5.96 Å². The second-order valence-corrected chi connectivity index (χ2v) is 5.25. The van der Waals surface area contributed by atoms with Crippen LogP contribution in [0.1, 0.15) is 11.1 Å². The lowest BCUT2D eigenvalue weighted by molar-refractivity contribution is 0.411.